The third-order valence-electron chi connectivity index (χ3n) is 5.27. The second-order valence-corrected chi connectivity index (χ2v) is 9.48. The van der Waals surface area contributed by atoms with Crippen LogP contribution in [0.2, 0.25) is 0 Å². The summed E-state index contributed by atoms with van der Waals surface area (Å²) in [5.41, 5.74) is 2.04. The summed E-state index contributed by atoms with van der Waals surface area (Å²) in [5, 5.41) is 2.78. The van der Waals surface area contributed by atoms with Crippen molar-refractivity contribution in [2.24, 2.45) is 0 Å². The van der Waals surface area contributed by atoms with E-state index in [1.807, 2.05) is 28.8 Å². The number of anilines is 1. The molecule has 2 aromatic carbocycles. The zero-order valence-corrected chi connectivity index (χ0v) is 18.9. The second kappa shape index (κ2) is 9.16. The van der Waals surface area contributed by atoms with E-state index in [-0.39, 0.29) is 17.0 Å². The van der Waals surface area contributed by atoms with E-state index in [1.165, 1.54) is 18.2 Å². The molecule has 4 aromatic rings. The molecule has 0 bridgehead atoms. The van der Waals surface area contributed by atoms with Gasteiger partial charge in [-0.15, -0.1) is 0 Å². The molecule has 2 aromatic heterocycles. The van der Waals surface area contributed by atoms with E-state index in [4.69, 9.17) is 9.47 Å². The summed E-state index contributed by atoms with van der Waals surface area (Å²) < 4.78 is 41.3. The maximum atomic E-state index is 12.8. The Labute approximate surface area is 196 Å². The summed E-state index contributed by atoms with van der Waals surface area (Å²) in [5.74, 6) is 0.745. The number of benzene rings is 2. The smallest absolute Gasteiger partial charge is 0.255 e. The minimum absolute atomic E-state index is 0.0115. The highest BCUT2D eigenvalue weighted by Crippen LogP contribution is 2.32. The number of fused-ring (bicyclic) bond motifs is 2. The highest BCUT2D eigenvalue weighted by atomic mass is 32.2. The Bertz CT molecular complexity index is 1430. The molecule has 1 amide bonds. The molecule has 2 N–H and O–H groups in total. The first-order valence-corrected chi connectivity index (χ1v) is 12.2. The van der Waals surface area contributed by atoms with Crippen LogP contribution in [-0.4, -0.2) is 36.9 Å². The van der Waals surface area contributed by atoms with Gasteiger partial charge in [0.05, 0.1) is 30.3 Å². The van der Waals surface area contributed by atoms with E-state index in [0.717, 1.165) is 12.1 Å². The van der Waals surface area contributed by atoms with Crippen molar-refractivity contribution in [2.75, 3.05) is 18.5 Å². The molecule has 0 saturated carbocycles. The minimum Gasteiger partial charge on any atom is -0.490 e. The molecular formula is C24H22N4O5S. The number of pyridine rings is 1. The molecule has 34 heavy (non-hydrogen) atoms. The number of amides is 1. The minimum atomic E-state index is -3.86. The SMILES string of the molecule is O=C(Nc1ccc2c(c1)OCCCO2)c1cccc(S(=O)(=O)NCc2cn3ccccc3n2)c1. The number of nitrogens with zero attached hydrogens (tertiary/aromatic N) is 2. The topological polar surface area (TPSA) is 111 Å². The first-order chi connectivity index (χ1) is 16.5. The summed E-state index contributed by atoms with van der Waals surface area (Å²) in [6.45, 7) is 1.13. The van der Waals surface area contributed by atoms with E-state index in [1.54, 1.807) is 30.5 Å². The third kappa shape index (κ3) is 4.73. The third-order valence-corrected chi connectivity index (χ3v) is 6.67. The lowest BCUT2D eigenvalue weighted by Crippen LogP contribution is -2.24. The number of hydrogen-bond acceptors (Lipinski definition) is 6. The molecule has 0 aliphatic carbocycles. The summed E-state index contributed by atoms with van der Waals surface area (Å²) >= 11 is 0. The number of aromatic nitrogens is 2. The number of rotatable bonds is 6. The fourth-order valence-electron chi connectivity index (χ4n) is 3.57. The van der Waals surface area contributed by atoms with Gasteiger partial charge in [-0.1, -0.05) is 12.1 Å². The molecule has 174 valence electrons. The molecule has 3 heterocycles. The molecule has 1 aliphatic rings. The van der Waals surface area contributed by atoms with Gasteiger partial charge in [-0.25, -0.2) is 18.1 Å². The van der Waals surface area contributed by atoms with Gasteiger partial charge in [0.2, 0.25) is 10.0 Å². The van der Waals surface area contributed by atoms with Crippen LogP contribution < -0.4 is 19.5 Å². The van der Waals surface area contributed by atoms with Crippen LogP contribution in [0.5, 0.6) is 11.5 Å². The largest absolute Gasteiger partial charge is 0.490 e. The lowest BCUT2D eigenvalue weighted by Gasteiger charge is -2.11. The van der Waals surface area contributed by atoms with Crippen molar-refractivity contribution in [1.29, 1.82) is 0 Å². The van der Waals surface area contributed by atoms with Crippen molar-refractivity contribution in [3.8, 4) is 11.5 Å². The van der Waals surface area contributed by atoms with Gasteiger partial charge in [0.25, 0.3) is 5.91 Å². The van der Waals surface area contributed by atoms with E-state index < -0.39 is 15.9 Å². The van der Waals surface area contributed by atoms with E-state index in [0.29, 0.717) is 36.1 Å². The van der Waals surface area contributed by atoms with Crippen LogP contribution in [-0.2, 0) is 16.6 Å². The number of carbonyl (C=O) groups is 1. The molecule has 10 heteroatoms. The first kappa shape index (κ1) is 21.9. The Morgan fingerprint density at radius 1 is 1.00 bits per heavy atom. The molecule has 0 atom stereocenters. The molecular weight excluding hydrogens is 456 g/mol. The van der Waals surface area contributed by atoms with Crippen LogP contribution in [0.25, 0.3) is 5.65 Å². The van der Waals surface area contributed by atoms with Gasteiger partial charge in [-0.3, -0.25) is 4.79 Å². The van der Waals surface area contributed by atoms with E-state index in [2.05, 4.69) is 15.0 Å². The quantitative estimate of drug-likeness (QED) is 0.440. The monoisotopic (exact) mass is 478 g/mol. The predicted molar refractivity (Wildman–Crippen MR) is 126 cm³/mol. The Balaban J connectivity index is 1.29. The van der Waals surface area contributed by atoms with E-state index in [9.17, 15) is 13.2 Å². The van der Waals surface area contributed by atoms with E-state index >= 15 is 0 Å². The van der Waals surface area contributed by atoms with Crippen molar-refractivity contribution in [3.63, 3.8) is 0 Å². The number of imidazole rings is 1. The summed E-state index contributed by atoms with van der Waals surface area (Å²) in [7, 11) is -3.86. The van der Waals surface area contributed by atoms with Crippen molar-refractivity contribution >= 4 is 27.3 Å². The van der Waals surface area contributed by atoms with Crippen molar-refractivity contribution in [2.45, 2.75) is 17.9 Å². The van der Waals surface area contributed by atoms with Crippen LogP contribution in [0.15, 0.2) is 78.0 Å². The van der Waals surface area contributed by atoms with Crippen molar-refractivity contribution in [3.05, 3.63) is 84.3 Å². The lowest BCUT2D eigenvalue weighted by atomic mass is 10.2. The Hall–Kier alpha value is -3.89. The average Bonchev–Trinajstić information content (AvgIpc) is 3.13. The van der Waals surface area contributed by atoms with Gasteiger partial charge in [0.15, 0.2) is 11.5 Å². The fraction of sp³-hybridized carbons (Fsp3) is 0.167. The van der Waals surface area contributed by atoms with Crippen molar-refractivity contribution < 1.29 is 22.7 Å². The summed E-state index contributed by atoms with van der Waals surface area (Å²) in [6, 6.07) is 16.6. The molecule has 0 fully saturated rings. The Morgan fingerprint density at radius 2 is 1.85 bits per heavy atom. The van der Waals surface area contributed by atoms with Gasteiger partial charge in [-0.05, 0) is 42.5 Å². The molecule has 0 unspecified atom stereocenters. The Morgan fingerprint density at radius 3 is 2.71 bits per heavy atom. The molecule has 9 nitrogen and oxygen atoms in total. The van der Waals surface area contributed by atoms with Gasteiger partial charge < -0.3 is 19.2 Å². The molecule has 0 radical (unpaired) electrons. The van der Waals surface area contributed by atoms with Gasteiger partial charge >= 0.3 is 0 Å². The molecule has 5 rings (SSSR count). The lowest BCUT2D eigenvalue weighted by molar-refractivity contribution is 0.102. The predicted octanol–water partition coefficient (Wildman–Crippen LogP) is 3.23. The molecule has 0 spiro atoms. The van der Waals surface area contributed by atoms with Crippen molar-refractivity contribution in [1.82, 2.24) is 14.1 Å². The van der Waals surface area contributed by atoms with Gasteiger partial charge in [-0.2, -0.15) is 0 Å². The molecule has 0 saturated heterocycles. The fourth-order valence-corrected chi connectivity index (χ4v) is 4.62. The zero-order valence-electron chi connectivity index (χ0n) is 18.1. The number of carbonyl (C=O) groups excluding carboxylic acids is 1. The standard InChI is InChI=1S/C24H22N4O5S/c29-24(27-18-8-9-21-22(14-18)33-12-4-11-32-21)17-5-3-6-20(13-17)34(30,31)25-15-19-16-28-10-2-1-7-23(28)26-19/h1-3,5-10,13-14,16,25H,4,11-12,15H2,(H,27,29). The first-order valence-electron chi connectivity index (χ1n) is 10.7. The second-order valence-electron chi connectivity index (χ2n) is 7.72. The van der Waals surface area contributed by atoms with Crippen LogP contribution in [0.1, 0.15) is 22.5 Å². The number of nitrogens with one attached hydrogen (secondary N) is 2. The summed E-state index contributed by atoms with van der Waals surface area (Å²) in [6.07, 6.45) is 4.38. The van der Waals surface area contributed by atoms with Gasteiger partial charge in [0, 0.05) is 36.1 Å². The highest BCUT2D eigenvalue weighted by Gasteiger charge is 2.18. The van der Waals surface area contributed by atoms with Gasteiger partial charge in [0.1, 0.15) is 5.65 Å². The van der Waals surface area contributed by atoms with Crippen LogP contribution >= 0.6 is 0 Å². The number of hydrogen-bond donors (Lipinski definition) is 2. The normalized spacial score (nSPS) is 13.4. The number of ether oxygens (including phenoxy) is 2. The molecule has 1 aliphatic heterocycles. The highest BCUT2D eigenvalue weighted by molar-refractivity contribution is 7.89. The van der Waals surface area contributed by atoms with Crippen LogP contribution in [0, 0.1) is 0 Å². The average molecular weight is 479 g/mol. The number of sulfonamides is 1. The summed E-state index contributed by atoms with van der Waals surface area (Å²) in [4.78, 5) is 17.2. The van der Waals surface area contributed by atoms with Crippen LogP contribution in [0.4, 0.5) is 5.69 Å². The van der Waals surface area contributed by atoms with Crippen LogP contribution in [0.3, 0.4) is 0 Å². The Kier molecular flexibility index (Phi) is 5.91. The maximum Gasteiger partial charge on any atom is 0.255 e. The zero-order chi connectivity index (χ0) is 23.5. The maximum absolute atomic E-state index is 12.8.